The van der Waals surface area contributed by atoms with Gasteiger partial charge in [-0.1, -0.05) is 33.6 Å². The first kappa shape index (κ1) is 24.0. The quantitative estimate of drug-likeness (QED) is 0.201. The standard InChI is InChI=1S/C25H23BrN2O5/c1-16-4-7-19(8-5-16)25(30)33-22-13-6-18(14-23(22)31-3)15-27-28-24(29)17(2)32-21-11-9-20(26)10-12-21/h4-15,17H,1-3H3,(H,28,29)/b27-15-/t17-/m0/s1. The molecule has 170 valence electrons. The zero-order chi connectivity index (χ0) is 23.8. The number of methoxy groups -OCH3 is 1. The first-order valence-corrected chi connectivity index (χ1v) is 10.9. The van der Waals surface area contributed by atoms with Crippen LogP contribution in [0.15, 0.2) is 76.3 Å². The molecule has 0 saturated heterocycles. The van der Waals surface area contributed by atoms with Gasteiger partial charge >= 0.3 is 5.97 Å². The third-order valence-corrected chi connectivity index (χ3v) is 5.09. The Morgan fingerprint density at radius 2 is 1.70 bits per heavy atom. The van der Waals surface area contributed by atoms with Gasteiger partial charge < -0.3 is 14.2 Å². The minimum atomic E-state index is -0.735. The molecule has 33 heavy (non-hydrogen) atoms. The van der Waals surface area contributed by atoms with Gasteiger partial charge in [0.25, 0.3) is 5.91 Å². The molecule has 0 aliphatic carbocycles. The summed E-state index contributed by atoms with van der Waals surface area (Å²) in [6.45, 7) is 3.57. The summed E-state index contributed by atoms with van der Waals surface area (Å²) in [7, 11) is 1.47. The van der Waals surface area contributed by atoms with Gasteiger partial charge in [-0.3, -0.25) is 4.79 Å². The lowest BCUT2D eigenvalue weighted by atomic mass is 10.1. The Balaban J connectivity index is 1.59. The summed E-state index contributed by atoms with van der Waals surface area (Å²) >= 11 is 3.35. The second-order valence-corrected chi connectivity index (χ2v) is 8.03. The van der Waals surface area contributed by atoms with Crippen molar-refractivity contribution in [3.8, 4) is 17.2 Å². The van der Waals surface area contributed by atoms with E-state index < -0.39 is 18.0 Å². The van der Waals surface area contributed by atoms with Crippen molar-refractivity contribution < 1.29 is 23.8 Å². The van der Waals surface area contributed by atoms with Crippen molar-refractivity contribution in [1.29, 1.82) is 0 Å². The SMILES string of the molecule is COc1cc(/C=N\NC(=O)[C@H](C)Oc2ccc(Br)cc2)ccc1OC(=O)c1ccc(C)cc1. The van der Waals surface area contributed by atoms with Gasteiger partial charge in [-0.05, 0) is 74.0 Å². The molecule has 1 N–H and O–H groups in total. The molecule has 0 bridgehead atoms. The van der Waals surface area contributed by atoms with Gasteiger partial charge in [-0.15, -0.1) is 0 Å². The number of hydrogen-bond donors (Lipinski definition) is 1. The molecule has 0 unspecified atom stereocenters. The largest absolute Gasteiger partial charge is 0.493 e. The maximum atomic E-state index is 12.4. The van der Waals surface area contributed by atoms with Crippen molar-refractivity contribution in [3.63, 3.8) is 0 Å². The van der Waals surface area contributed by atoms with Crippen LogP contribution in [-0.4, -0.2) is 31.3 Å². The fourth-order valence-electron chi connectivity index (χ4n) is 2.73. The van der Waals surface area contributed by atoms with Crippen LogP contribution in [0.2, 0.25) is 0 Å². The number of amides is 1. The van der Waals surface area contributed by atoms with Gasteiger partial charge in [-0.2, -0.15) is 5.10 Å². The first-order chi connectivity index (χ1) is 15.9. The monoisotopic (exact) mass is 510 g/mol. The predicted molar refractivity (Wildman–Crippen MR) is 129 cm³/mol. The third-order valence-electron chi connectivity index (χ3n) is 4.56. The number of benzene rings is 3. The van der Waals surface area contributed by atoms with Crippen molar-refractivity contribution in [3.05, 3.63) is 87.9 Å². The van der Waals surface area contributed by atoms with E-state index in [-0.39, 0.29) is 5.75 Å². The van der Waals surface area contributed by atoms with E-state index in [2.05, 4.69) is 26.5 Å². The minimum absolute atomic E-state index is 0.279. The molecule has 3 aromatic rings. The molecule has 1 atom stereocenters. The molecule has 3 rings (SSSR count). The van der Waals surface area contributed by atoms with Crippen LogP contribution in [0.1, 0.15) is 28.4 Å². The number of ether oxygens (including phenoxy) is 3. The highest BCUT2D eigenvalue weighted by atomic mass is 79.9. The summed E-state index contributed by atoms with van der Waals surface area (Å²) in [5.74, 6) is 0.329. The highest BCUT2D eigenvalue weighted by molar-refractivity contribution is 9.10. The highest BCUT2D eigenvalue weighted by Gasteiger charge is 2.15. The van der Waals surface area contributed by atoms with Crippen molar-refractivity contribution in [2.75, 3.05) is 7.11 Å². The first-order valence-electron chi connectivity index (χ1n) is 10.1. The molecule has 0 spiro atoms. The normalized spacial score (nSPS) is 11.6. The van der Waals surface area contributed by atoms with E-state index in [1.54, 1.807) is 49.4 Å². The Bertz CT molecular complexity index is 1140. The van der Waals surface area contributed by atoms with Crippen molar-refractivity contribution in [2.45, 2.75) is 20.0 Å². The molecule has 0 radical (unpaired) electrons. The Morgan fingerprint density at radius 1 is 1.00 bits per heavy atom. The molecule has 0 aliphatic rings. The number of carbonyl (C=O) groups excluding carboxylic acids is 2. The molecule has 0 aromatic heterocycles. The van der Waals surface area contributed by atoms with Crippen LogP contribution in [-0.2, 0) is 4.79 Å². The van der Waals surface area contributed by atoms with E-state index in [0.717, 1.165) is 10.0 Å². The number of nitrogens with one attached hydrogen (secondary N) is 1. The van der Waals surface area contributed by atoms with E-state index in [4.69, 9.17) is 14.2 Å². The van der Waals surface area contributed by atoms with Crippen LogP contribution in [0, 0.1) is 6.92 Å². The summed E-state index contributed by atoms with van der Waals surface area (Å²) in [6.07, 6.45) is 0.722. The molecule has 7 nitrogen and oxygen atoms in total. The van der Waals surface area contributed by atoms with E-state index in [9.17, 15) is 9.59 Å². The molecule has 0 heterocycles. The molecular formula is C25H23BrN2O5. The Labute approximate surface area is 200 Å². The Morgan fingerprint density at radius 3 is 2.36 bits per heavy atom. The number of hydrazone groups is 1. The summed E-state index contributed by atoms with van der Waals surface area (Å²) < 4.78 is 17.3. The van der Waals surface area contributed by atoms with E-state index in [1.165, 1.54) is 13.3 Å². The molecule has 0 aliphatic heterocycles. The smallest absolute Gasteiger partial charge is 0.343 e. The van der Waals surface area contributed by atoms with E-state index in [0.29, 0.717) is 22.6 Å². The van der Waals surface area contributed by atoms with Crippen LogP contribution in [0.3, 0.4) is 0 Å². The zero-order valence-corrected chi connectivity index (χ0v) is 20.0. The van der Waals surface area contributed by atoms with Gasteiger partial charge in [0, 0.05) is 4.47 Å². The van der Waals surface area contributed by atoms with Gasteiger partial charge in [-0.25, -0.2) is 10.2 Å². The van der Waals surface area contributed by atoms with Crippen LogP contribution >= 0.6 is 15.9 Å². The van der Waals surface area contributed by atoms with Crippen LogP contribution in [0.5, 0.6) is 17.2 Å². The maximum Gasteiger partial charge on any atom is 0.343 e. The number of halogens is 1. The van der Waals surface area contributed by atoms with Gasteiger partial charge in [0.2, 0.25) is 0 Å². The average molecular weight is 511 g/mol. The van der Waals surface area contributed by atoms with Crippen molar-refractivity contribution in [1.82, 2.24) is 5.43 Å². The minimum Gasteiger partial charge on any atom is -0.493 e. The molecular weight excluding hydrogens is 488 g/mol. The molecule has 1 amide bonds. The molecule has 8 heteroatoms. The number of rotatable bonds is 8. The number of carbonyl (C=O) groups is 2. The predicted octanol–water partition coefficient (Wildman–Crippen LogP) is 4.90. The number of aryl methyl sites for hydroxylation is 1. The van der Waals surface area contributed by atoms with Crippen LogP contribution < -0.4 is 19.6 Å². The number of esters is 1. The molecule has 3 aromatic carbocycles. The highest BCUT2D eigenvalue weighted by Crippen LogP contribution is 2.28. The average Bonchev–Trinajstić information content (AvgIpc) is 2.81. The zero-order valence-electron chi connectivity index (χ0n) is 18.4. The van der Waals surface area contributed by atoms with E-state index >= 15 is 0 Å². The van der Waals surface area contributed by atoms with Crippen LogP contribution in [0.25, 0.3) is 0 Å². The number of nitrogens with zero attached hydrogens (tertiary/aromatic N) is 1. The lowest BCUT2D eigenvalue weighted by molar-refractivity contribution is -0.127. The molecule has 0 saturated carbocycles. The summed E-state index contributed by atoms with van der Waals surface area (Å²) in [5, 5.41) is 3.96. The lowest BCUT2D eigenvalue weighted by Crippen LogP contribution is -2.33. The van der Waals surface area contributed by atoms with Crippen molar-refractivity contribution in [2.24, 2.45) is 5.10 Å². The van der Waals surface area contributed by atoms with Gasteiger partial charge in [0.1, 0.15) is 5.75 Å². The van der Waals surface area contributed by atoms with Crippen molar-refractivity contribution >= 4 is 34.0 Å². The lowest BCUT2D eigenvalue weighted by Gasteiger charge is -2.13. The second-order valence-electron chi connectivity index (χ2n) is 7.11. The summed E-state index contributed by atoms with van der Waals surface area (Å²) in [4.78, 5) is 24.6. The maximum absolute atomic E-state index is 12.4. The van der Waals surface area contributed by atoms with Gasteiger partial charge in [0.15, 0.2) is 17.6 Å². The fourth-order valence-corrected chi connectivity index (χ4v) is 2.99. The fraction of sp³-hybridized carbons (Fsp3) is 0.160. The summed E-state index contributed by atoms with van der Waals surface area (Å²) in [6, 6.07) is 19.2. The van der Waals surface area contributed by atoms with Gasteiger partial charge in [0.05, 0.1) is 18.9 Å². The topological polar surface area (TPSA) is 86.2 Å². The Kier molecular flexibility index (Phi) is 8.21. The number of hydrogen-bond acceptors (Lipinski definition) is 6. The van der Waals surface area contributed by atoms with E-state index in [1.807, 2.05) is 31.2 Å². The Hall–Kier alpha value is -3.65. The summed E-state index contributed by atoms with van der Waals surface area (Å²) in [5.41, 5.74) is 4.58. The third kappa shape index (κ3) is 6.92. The molecule has 0 fully saturated rings. The second kappa shape index (κ2) is 11.3. The van der Waals surface area contributed by atoms with Crippen LogP contribution in [0.4, 0.5) is 0 Å².